The number of nitrogens with one attached hydrogen (secondary N) is 2. The SMILES string of the molecule is C/C(=N/Nc1ccc(C(=O)O)cc1)c1ccc2c(c1)Nc1ccccc1S2.O=S(=O)(O)O. The van der Waals surface area contributed by atoms with E-state index in [-0.39, 0.29) is 5.56 Å². The van der Waals surface area contributed by atoms with E-state index >= 15 is 0 Å². The molecule has 1 aliphatic rings. The van der Waals surface area contributed by atoms with Crippen LogP contribution in [0.15, 0.2) is 81.6 Å². The molecular formula is C21H19N3O6S2. The molecule has 0 aliphatic carbocycles. The zero-order valence-electron chi connectivity index (χ0n) is 16.7. The number of hydrogen-bond acceptors (Lipinski definition) is 7. The molecule has 4 rings (SSSR count). The highest BCUT2D eigenvalue weighted by Gasteiger charge is 2.15. The van der Waals surface area contributed by atoms with E-state index in [1.807, 2.05) is 19.1 Å². The van der Waals surface area contributed by atoms with Crippen LogP contribution in [0, 0.1) is 0 Å². The van der Waals surface area contributed by atoms with Gasteiger partial charge in [-0.05, 0) is 61.0 Å². The number of hydrazone groups is 1. The summed E-state index contributed by atoms with van der Waals surface area (Å²) in [6, 6.07) is 21.0. The molecule has 3 aromatic rings. The second-order valence-corrected chi connectivity index (χ2v) is 8.55. The lowest BCUT2D eigenvalue weighted by molar-refractivity contribution is 0.0697. The van der Waals surface area contributed by atoms with Gasteiger partial charge in [-0.1, -0.05) is 30.0 Å². The first-order chi connectivity index (χ1) is 15.1. The Labute approximate surface area is 188 Å². The van der Waals surface area contributed by atoms with Gasteiger partial charge < -0.3 is 10.4 Å². The van der Waals surface area contributed by atoms with Gasteiger partial charge in [0.1, 0.15) is 0 Å². The second-order valence-electron chi connectivity index (χ2n) is 6.57. The third-order valence-corrected chi connectivity index (χ3v) is 5.41. The van der Waals surface area contributed by atoms with E-state index in [1.54, 1.807) is 36.0 Å². The summed E-state index contributed by atoms with van der Waals surface area (Å²) < 4.78 is 31.6. The highest BCUT2D eigenvalue weighted by atomic mass is 32.3. The number of rotatable bonds is 4. The van der Waals surface area contributed by atoms with E-state index in [9.17, 15) is 4.79 Å². The Morgan fingerprint density at radius 2 is 1.53 bits per heavy atom. The monoisotopic (exact) mass is 473 g/mol. The molecule has 0 atom stereocenters. The molecule has 0 unspecified atom stereocenters. The number of para-hydroxylation sites is 1. The Balaban J connectivity index is 0.000000523. The van der Waals surface area contributed by atoms with Gasteiger partial charge in [0.2, 0.25) is 0 Å². The summed E-state index contributed by atoms with van der Waals surface area (Å²) in [5.74, 6) is -0.942. The Kier molecular flexibility index (Phi) is 7.15. The van der Waals surface area contributed by atoms with Gasteiger partial charge in [-0.2, -0.15) is 13.5 Å². The average molecular weight is 474 g/mol. The van der Waals surface area contributed by atoms with Gasteiger partial charge in [0.05, 0.1) is 28.3 Å². The van der Waals surface area contributed by atoms with Crippen molar-refractivity contribution in [1.29, 1.82) is 0 Å². The molecule has 32 heavy (non-hydrogen) atoms. The van der Waals surface area contributed by atoms with Crippen molar-refractivity contribution < 1.29 is 27.4 Å². The summed E-state index contributed by atoms with van der Waals surface area (Å²) in [4.78, 5) is 13.3. The van der Waals surface area contributed by atoms with Crippen molar-refractivity contribution in [3.05, 3.63) is 77.9 Å². The zero-order chi connectivity index (χ0) is 23.3. The topological polar surface area (TPSA) is 148 Å². The van der Waals surface area contributed by atoms with Gasteiger partial charge in [0.25, 0.3) is 0 Å². The van der Waals surface area contributed by atoms with Crippen molar-refractivity contribution in [3.63, 3.8) is 0 Å². The lowest BCUT2D eigenvalue weighted by atomic mass is 10.1. The predicted molar refractivity (Wildman–Crippen MR) is 124 cm³/mol. The number of hydrogen-bond donors (Lipinski definition) is 5. The second kappa shape index (κ2) is 9.83. The fourth-order valence-electron chi connectivity index (χ4n) is 2.76. The Morgan fingerprint density at radius 3 is 2.19 bits per heavy atom. The minimum absolute atomic E-state index is 0.250. The van der Waals surface area contributed by atoms with Crippen molar-refractivity contribution in [2.45, 2.75) is 16.7 Å². The largest absolute Gasteiger partial charge is 0.478 e. The van der Waals surface area contributed by atoms with E-state index in [0.29, 0.717) is 0 Å². The molecule has 3 aromatic carbocycles. The van der Waals surface area contributed by atoms with E-state index in [0.717, 1.165) is 28.3 Å². The summed E-state index contributed by atoms with van der Waals surface area (Å²) in [6.07, 6.45) is 0. The van der Waals surface area contributed by atoms with Crippen LogP contribution in [-0.2, 0) is 10.4 Å². The highest BCUT2D eigenvalue weighted by Crippen LogP contribution is 2.44. The van der Waals surface area contributed by atoms with Gasteiger partial charge in [-0.15, -0.1) is 0 Å². The Bertz CT molecular complexity index is 1270. The molecule has 0 aromatic heterocycles. The molecule has 11 heteroatoms. The summed E-state index contributed by atoms with van der Waals surface area (Å²) in [6.45, 7) is 1.93. The molecule has 166 valence electrons. The zero-order valence-corrected chi connectivity index (χ0v) is 18.3. The molecule has 0 fully saturated rings. The van der Waals surface area contributed by atoms with E-state index in [4.69, 9.17) is 22.6 Å². The minimum atomic E-state index is -4.67. The van der Waals surface area contributed by atoms with E-state index in [1.165, 1.54) is 9.79 Å². The number of carboxylic acids is 1. The lowest BCUT2D eigenvalue weighted by Crippen LogP contribution is -2.04. The van der Waals surface area contributed by atoms with Crippen molar-refractivity contribution in [1.82, 2.24) is 0 Å². The maximum atomic E-state index is 10.9. The van der Waals surface area contributed by atoms with Crippen molar-refractivity contribution in [3.8, 4) is 0 Å². The molecule has 1 aliphatic heterocycles. The summed E-state index contributed by atoms with van der Waals surface area (Å²) in [7, 11) is -4.67. The molecule has 0 amide bonds. The molecule has 0 bridgehead atoms. The van der Waals surface area contributed by atoms with Crippen LogP contribution in [0.5, 0.6) is 0 Å². The number of carbonyl (C=O) groups is 1. The standard InChI is InChI=1S/C21H17N3O2S.H2O4S/c1-13(23-24-16-9-6-14(7-10-16)21(25)26)15-8-11-20-18(12-15)22-17-4-2-3-5-19(17)27-20;1-5(2,3)4/h2-12,22,24H,1H3,(H,25,26);(H2,1,2,3,4)/b23-13-;. The molecule has 0 spiro atoms. The van der Waals surface area contributed by atoms with Gasteiger partial charge in [0, 0.05) is 9.79 Å². The minimum Gasteiger partial charge on any atom is -0.478 e. The number of aromatic carboxylic acids is 1. The Morgan fingerprint density at radius 1 is 0.938 bits per heavy atom. The third-order valence-electron chi connectivity index (χ3n) is 4.26. The number of fused-ring (bicyclic) bond motifs is 2. The van der Waals surface area contributed by atoms with E-state index < -0.39 is 16.4 Å². The van der Waals surface area contributed by atoms with Crippen LogP contribution in [0.3, 0.4) is 0 Å². The Hall–Kier alpha value is -3.38. The lowest BCUT2D eigenvalue weighted by Gasteiger charge is -2.21. The number of carboxylic acid groups (broad SMARTS) is 1. The maximum Gasteiger partial charge on any atom is 0.394 e. The number of benzene rings is 3. The molecule has 5 N–H and O–H groups in total. The smallest absolute Gasteiger partial charge is 0.394 e. The summed E-state index contributed by atoms with van der Waals surface area (Å²) in [5, 5.41) is 16.8. The molecule has 9 nitrogen and oxygen atoms in total. The first-order valence-electron chi connectivity index (χ1n) is 9.12. The first-order valence-corrected chi connectivity index (χ1v) is 11.3. The van der Waals surface area contributed by atoms with Gasteiger partial charge >= 0.3 is 16.4 Å². The van der Waals surface area contributed by atoms with Crippen LogP contribution < -0.4 is 10.7 Å². The number of anilines is 3. The quantitative estimate of drug-likeness (QED) is 0.160. The molecule has 0 saturated carbocycles. The predicted octanol–water partition coefficient (Wildman–Crippen LogP) is 4.78. The molecule has 0 saturated heterocycles. The van der Waals surface area contributed by atoms with Crippen molar-refractivity contribution >= 4 is 50.9 Å². The first kappa shape index (κ1) is 23.3. The number of nitrogens with zero attached hydrogens (tertiary/aromatic N) is 1. The van der Waals surface area contributed by atoms with E-state index in [2.05, 4.69) is 46.2 Å². The van der Waals surface area contributed by atoms with Crippen molar-refractivity contribution in [2.24, 2.45) is 5.10 Å². The third kappa shape index (κ3) is 6.56. The average Bonchev–Trinajstić information content (AvgIpc) is 2.74. The molecular weight excluding hydrogens is 454 g/mol. The van der Waals surface area contributed by atoms with Crippen molar-refractivity contribution in [2.75, 3.05) is 10.7 Å². The fraction of sp³-hybridized carbons (Fsp3) is 0.0476. The van der Waals surface area contributed by atoms with Gasteiger partial charge in [0.15, 0.2) is 0 Å². The summed E-state index contributed by atoms with van der Waals surface area (Å²) in [5.41, 5.74) is 7.98. The van der Waals surface area contributed by atoms with Gasteiger partial charge in [-0.25, -0.2) is 4.79 Å². The molecule has 1 heterocycles. The normalized spacial score (nSPS) is 12.4. The van der Waals surface area contributed by atoms with Crippen LogP contribution in [0.2, 0.25) is 0 Å². The van der Waals surface area contributed by atoms with Crippen LogP contribution in [0.1, 0.15) is 22.8 Å². The fourth-order valence-corrected chi connectivity index (χ4v) is 3.73. The maximum absolute atomic E-state index is 10.9. The van der Waals surface area contributed by atoms with Crippen LogP contribution in [-0.4, -0.2) is 34.3 Å². The molecule has 0 radical (unpaired) electrons. The summed E-state index contributed by atoms with van der Waals surface area (Å²) >= 11 is 1.75. The highest BCUT2D eigenvalue weighted by molar-refractivity contribution is 7.99. The van der Waals surface area contributed by atoms with Crippen LogP contribution in [0.25, 0.3) is 0 Å². The van der Waals surface area contributed by atoms with Gasteiger partial charge in [-0.3, -0.25) is 14.5 Å². The van der Waals surface area contributed by atoms with Crippen LogP contribution >= 0.6 is 11.8 Å². The van der Waals surface area contributed by atoms with Crippen LogP contribution in [0.4, 0.5) is 17.1 Å².